The number of hydrogen-bond acceptors (Lipinski definition) is 4. The minimum atomic E-state index is 0.00750. The number of aryl methyl sites for hydroxylation is 1. The molecule has 4 nitrogen and oxygen atoms in total. The number of nitrogens with two attached hydrogens (primary N) is 1. The van der Waals surface area contributed by atoms with Crippen molar-refractivity contribution in [1.82, 2.24) is 9.88 Å². The van der Waals surface area contributed by atoms with Crippen LogP contribution in [-0.4, -0.2) is 33.4 Å². The van der Waals surface area contributed by atoms with Crippen LogP contribution >= 0.6 is 23.6 Å². The molecule has 1 aromatic rings. The standard InChI is InChI=1S/C11H15N3OS2/c1-7-13-9(6-17-7)11(15)14(8-2-3-8)5-4-10(12)16/h6,8H,2-5H2,1H3,(H2,12,16). The third kappa shape index (κ3) is 3.23. The molecule has 92 valence electrons. The first-order valence-corrected chi connectivity index (χ1v) is 6.88. The molecule has 0 saturated heterocycles. The van der Waals surface area contributed by atoms with Crippen LogP contribution in [0.15, 0.2) is 5.38 Å². The molecule has 1 fully saturated rings. The number of carbonyl (C=O) groups excluding carboxylic acids is 1. The molecular formula is C11H15N3OS2. The van der Waals surface area contributed by atoms with Crippen LogP contribution in [0.5, 0.6) is 0 Å². The van der Waals surface area contributed by atoms with Crippen LogP contribution in [0.4, 0.5) is 0 Å². The lowest BCUT2D eigenvalue weighted by Gasteiger charge is -2.21. The summed E-state index contributed by atoms with van der Waals surface area (Å²) in [5.41, 5.74) is 6.03. The molecule has 6 heteroatoms. The van der Waals surface area contributed by atoms with Gasteiger partial charge in [-0.25, -0.2) is 4.98 Å². The molecule has 1 aliphatic rings. The number of carbonyl (C=O) groups is 1. The van der Waals surface area contributed by atoms with Crippen molar-refractivity contribution >= 4 is 34.5 Å². The lowest BCUT2D eigenvalue weighted by molar-refractivity contribution is 0.0743. The summed E-state index contributed by atoms with van der Waals surface area (Å²) in [6, 6.07) is 0.360. The lowest BCUT2D eigenvalue weighted by atomic mass is 10.3. The molecule has 1 saturated carbocycles. The smallest absolute Gasteiger partial charge is 0.273 e. The van der Waals surface area contributed by atoms with Gasteiger partial charge in [-0.2, -0.15) is 0 Å². The highest BCUT2D eigenvalue weighted by Crippen LogP contribution is 2.28. The highest BCUT2D eigenvalue weighted by atomic mass is 32.1. The number of hydrogen-bond donors (Lipinski definition) is 1. The molecule has 2 rings (SSSR count). The molecule has 0 spiro atoms. The Hall–Kier alpha value is -1.01. The zero-order chi connectivity index (χ0) is 12.4. The highest BCUT2D eigenvalue weighted by Gasteiger charge is 2.33. The van der Waals surface area contributed by atoms with E-state index in [1.54, 1.807) is 0 Å². The van der Waals surface area contributed by atoms with Gasteiger partial charge in [-0.1, -0.05) is 12.2 Å². The summed E-state index contributed by atoms with van der Waals surface area (Å²) in [7, 11) is 0. The highest BCUT2D eigenvalue weighted by molar-refractivity contribution is 7.80. The second-order valence-corrected chi connectivity index (χ2v) is 5.78. The Balaban J connectivity index is 2.05. The Kier molecular flexibility index (Phi) is 3.73. The van der Waals surface area contributed by atoms with Crippen LogP contribution < -0.4 is 5.73 Å². The van der Waals surface area contributed by atoms with Gasteiger partial charge in [0.05, 0.1) is 10.00 Å². The Labute approximate surface area is 110 Å². The van der Waals surface area contributed by atoms with E-state index in [2.05, 4.69) is 4.98 Å². The van der Waals surface area contributed by atoms with Crippen LogP contribution in [0, 0.1) is 6.92 Å². The molecule has 0 atom stereocenters. The van der Waals surface area contributed by atoms with Gasteiger partial charge in [-0.05, 0) is 19.8 Å². The fraction of sp³-hybridized carbons (Fsp3) is 0.545. The van der Waals surface area contributed by atoms with Gasteiger partial charge in [-0.3, -0.25) is 4.79 Å². The van der Waals surface area contributed by atoms with Crippen molar-refractivity contribution in [3.8, 4) is 0 Å². The first kappa shape index (κ1) is 12.4. The molecule has 0 aromatic carbocycles. The fourth-order valence-electron chi connectivity index (χ4n) is 1.68. The summed E-state index contributed by atoms with van der Waals surface area (Å²) >= 11 is 6.35. The van der Waals surface area contributed by atoms with Crippen LogP contribution in [0.25, 0.3) is 0 Å². The van der Waals surface area contributed by atoms with Crippen LogP contribution in [0.2, 0.25) is 0 Å². The summed E-state index contributed by atoms with van der Waals surface area (Å²) in [6.45, 7) is 2.51. The number of amides is 1. The second-order valence-electron chi connectivity index (χ2n) is 4.20. The first-order valence-electron chi connectivity index (χ1n) is 5.59. The zero-order valence-corrected chi connectivity index (χ0v) is 11.3. The molecule has 0 aliphatic heterocycles. The molecule has 0 unspecified atom stereocenters. The molecule has 17 heavy (non-hydrogen) atoms. The molecule has 0 bridgehead atoms. The summed E-state index contributed by atoms with van der Waals surface area (Å²) in [4.78, 5) is 18.8. The molecule has 1 aromatic heterocycles. The van der Waals surface area contributed by atoms with Gasteiger partial charge < -0.3 is 10.6 Å². The molecule has 1 heterocycles. The van der Waals surface area contributed by atoms with Crippen molar-refractivity contribution in [3.05, 3.63) is 16.1 Å². The predicted molar refractivity (Wildman–Crippen MR) is 72.3 cm³/mol. The SMILES string of the molecule is Cc1nc(C(=O)N(CCC(N)=S)C2CC2)cs1. The largest absolute Gasteiger partial charge is 0.393 e. The van der Waals surface area contributed by atoms with E-state index in [4.69, 9.17) is 18.0 Å². The van der Waals surface area contributed by atoms with E-state index in [1.165, 1.54) is 11.3 Å². The van der Waals surface area contributed by atoms with Crippen molar-refractivity contribution in [2.24, 2.45) is 5.73 Å². The topological polar surface area (TPSA) is 59.2 Å². The quantitative estimate of drug-likeness (QED) is 0.827. The molecule has 0 radical (unpaired) electrons. The monoisotopic (exact) mass is 269 g/mol. The predicted octanol–water partition coefficient (Wildman–Crippen LogP) is 1.73. The van der Waals surface area contributed by atoms with Crippen molar-refractivity contribution in [3.63, 3.8) is 0 Å². The molecule has 1 aliphatic carbocycles. The Morgan fingerprint density at radius 2 is 2.41 bits per heavy atom. The summed E-state index contributed by atoms with van der Waals surface area (Å²) in [5, 5.41) is 2.73. The Morgan fingerprint density at radius 1 is 1.71 bits per heavy atom. The maximum Gasteiger partial charge on any atom is 0.273 e. The third-order valence-corrected chi connectivity index (χ3v) is 3.66. The van der Waals surface area contributed by atoms with E-state index in [0.29, 0.717) is 29.7 Å². The van der Waals surface area contributed by atoms with Crippen LogP contribution in [0.3, 0.4) is 0 Å². The van der Waals surface area contributed by atoms with Crippen molar-refractivity contribution in [1.29, 1.82) is 0 Å². The van der Waals surface area contributed by atoms with Gasteiger partial charge in [0.2, 0.25) is 0 Å². The van der Waals surface area contributed by atoms with E-state index in [-0.39, 0.29) is 5.91 Å². The second kappa shape index (κ2) is 5.10. The van der Waals surface area contributed by atoms with Crippen molar-refractivity contribution in [2.45, 2.75) is 32.2 Å². The summed E-state index contributed by atoms with van der Waals surface area (Å²) in [5.74, 6) is 0.00750. The van der Waals surface area contributed by atoms with Gasteiger partial charge >= 0.3 is 0 Å². The average Bonchev–Trinajstić information content (AvgIpc) is 3.00. The van der Waals surface area contributed by atoms with E-state index in [1.807, 2.05) is 17.2 Å². The van der Waals surface area contributed by atoms with Crippen LogP contribution in [-0.2, 0) is 0 Å². The van der Waals surface area contributed by atoms with Gasteiger partial charge in [0.1, 0.15) is 5.69 Å². The lowest BCUT2D eigenvalue weighted by Crippen LogP contribution is -2.35. The van der Waals surface area contributed by atoms with Gasteiger partial charge in [0.25, 0.3) is 5.91 Å². The zero-order valence-electron chi connectivity index (χ0n) is 9.68. The minimum absolute atomic E-state index is 0.00750. The molecular weight excluding hydrogens is 254 g/mol. The number of thiocarbonyl (C=S) groups is 1. The summed E-state index contributed by atoms with van der Waals surface area (Å²) < 4.78 is 0. The number of thiazole rings is 1. The normalized spacial score (nSPS) is 14.6. The number of aromatic nitrogens is 1. The number of nitrogens with zero attached hydrogens (tertiary/aromatic N) is 2. The van der Waals surface area contributed by atoms with Crippen LogP contribution in [0.1, 0.15) is 34.8 Å². The van der Waals surface area contributed by atoms with Gasteiger partial charge in [0.15, 0.2) is 0 Å². The fourth-order valence-corrected chi connectivity index (χ4v) is 2.35. The molecule has 2 N–H and O–H groups in total. The average molecular weight is 269 g/mol. The van der Waals surface area contributed by atoms with Crippen molar-refractivity contribution in [2.75, 3.05) is 6.54 Å². The number of rotatable bonds is 5. The summed E-state index contributed by atoms with van der Waals surface area (Å²) in [6.07, 6.45) is 2.74. The Bertz CT molecular complexity index is 440. The van der Waals surface area contributed by atoms with E-state index < -0.39 is 0 Å². The maximum atomic E-state index is 12.2. The minimum Gasteiger partial charge on any atom is -0.393 e. The van der Waals surface area contributed by atoms with E-state index in [0.717, 1.165) is 17.8 Å². The van der Waals surface area contributed by atoms with Gasteiger partial charge in [-0.15, -0.1) is 11.3 Å². The van der Waals surface area contributed by atoms with Gasteiger partial charge in [0, 0.05) is 24.4 Å². The third-order valence-electron chi connectivity index (χ3n) is 2.69. The molecule has 1 amide bonds. The van der Waals surface area contributed by atoms with E-state index >= 15 is 0 Å². The van der Waals surface area contributed by atoms with Crippen molar-refractivity contribution < 1.29 is 4.79 Å². The maximum absolute atomic E-state index is 12.2. The van der Waals surface area contributed by atoms with E-state index in [9.17, 15) is 4.79 Å². The Morgan fingerprint density at radius 3 is 2.88 bits per heavy atom. The first-order chi connectivity index (χ1) is 8.08.